The second kappa shape index (κ2) is 2.35. The van der Waals surface area contributed by atoms with Gasteiger partial charge in [-0.1, -0.05) is 18.0 Å². The Morgan fingerprint density at radius 1 is 1.86 bits per heavy atom. The molecular weight excluding hydrogens is 110 g/mol. The fourth-order valence-electron chi connectivity index (χ4n) is 0.398. The van der Waals surface area contributed by atoms with Crippen LogP contribution in [0.25, 0.3) is 0 Å². The lowest BCUT2D eigenvalue weighted by atomic mass is 10.3. The van der Waals surface area contributed by atoms with Crippen LogP contribution in [-0.4, -0.2) is 17.8 Å². The van der Waals surface area contributed by atoms with Gasteiger partial charge in [-0.3, -0.25) is 4.72 Å². The number of nitrogens with one attached hydrogen (secondary N) is 1. The van der Waals surface area contributed by atoms with Crippen molar-refractivity contribution >= 4 is 11.9 Å². The van der Waals surface area contributed by atoms with Crippen LogP contribution in [-0.2, 0) is 0 Å². The predicted octanol–water partition coefficient (Wildman–Crippen LogP) is 0.112. The molecule has 1 heterocycles. The first-order chi connectivity index (χ1) is 3.43. The minimum atomic E-state index is 0.185. The molecule has 2 nitrogen and oxygen atoms in total. The Balaban J connectivity index is 2.28. The molecule has 7 heavy (non-hydrogen) atoms. The zero-order valence-electron chi connectivity index (χ0n) is 3.79. The Bertz CT molecular complexity index is 83.8. The van der Waals surface area contributed by atoms with Crippen molar-refractivity contribution in [1.82, 2.24) is 4.72 Å². The van der Waals surface area contributed by atoms with Gasteiger partial charge in [-0.05, 0) is 5.41 Å². The third-order valence-electron chi connectivity index (χ3n) is 0.795. The molecule has 1 aliphatic heterocycles. The summed E-state index contributed by atoms with van der Waals surface area (Å²) in [5.41, 5.74) is 0. The Morgan fingerprint density at radius 2 is 2.71 bits per heavy atom. The van der Waals surface area contributed by atoms with Crippen LogP contribution in [0.2, 0.25) is 0 Å². The van der Waals surface area contributed by atoms with Crippen LogP contribution < -0.4 is 4.72 Å². The molecule has 0 amide bonds. The molecule has 0 spiro atoms. The summed E-state index contributed by atoms with van der Waals surface area (Å²) in [5, 5.41) is 10.4. The van der Waals surface area contributed by atoms with Gasteiger partial charge >= 0.3 is 0 Å². The molecule has 0 aromatic heterocycles. The minimum absolute atomic E-state index is 0.185. The van der Waals surface area contributed by atoms with Gasteiger partial charge in [0.15, 0.2) is 0 Å². The number of hydrogen-bond donors (Lipinski definition) is 2. The average Bonchev–Trinajstić information content (AvgIpc) is 2.14. The topological polar surface area (TPSA) is 32.3 Å². The van der Waals surface area contributed by atoms with Crippen molar-refractivity contribution < 1.29 is 5.11 Å². The van der Waals surface area contributed by atoms with E-state index in [0.29, 0.717) is 0 Å². The minimum Gasteiger partial charge on any atom is -0.394 e. The van der Waals surface area contributed by atoms with Gasteiger partial charge < -0.3 is 5.11 Å². The van der Waals surface area contributed by atoms with Crippen molar-refractivity contribution in [2.24, 2.45) is 0 Å². The molecule has 0 aromatic rings. The zero-order chi connectivity index (χ0) is 5.11. The molecule has 0 radical (unpaired) electrons. The van der Waals surface area contributed by atoms with E-state index >= 15 is 0 Å². The second-order valence-electron chi connectivity index (χ2n) is 1.35. The van der Waals surface area contributed by atoms with Gasteiger partial charge in [0.05, 0.1) is 12.6 Å². The first kappa shape index (κ1) is 5.15. The normalized spacial score (nSPS) is 29.0. The molecule has 1 aliphatic rings. The third kappa shape index (κ3) is 1.19. The highest BCUT2D eigenvalue weighted by Gasteiger charge is 2.04. The lowest BCUT2D eigenvalue weighted by Crippen LogP contribution is -2.19. The maximum Gasteiger partial charge on any atom is 0.0629 e. The number of aliphatic hydroxyl groups is 1. The molecule has 2 N–H and O–H groups in total. The monoisotopic (exact) mass is 117 g/mol. The van der Waals surface area contributed by atoms with E-state index in [2.05, 4.69) is 4.72 Å². The molecule has 0 saturated carbocycles. The SMILES string of the molecule is OCC1C=CSN1. The van der Waals surface area contributed by atoms with Crippen LogP contribution in [0.3, 0.4) is 0 Å². The van der Waals surface area contributed by atoms with Gasteiger partial charge in [-0.25, -0.2) is 0 Å². The van der Waals surface area contributed by atoms with Gasteiger partial charge in [0.2, 0.25) is 0 Å². The van der Waals surface area contributed by atoms with E-state index in [-0.39, 0.29) is 12.6 Å². The summed E-state index contributed by atoms with van der Waals surface area (Å²) in [5.74, 6) is 0. The number of rotatable bonds is 1. The summed E-state index contributed by atoms with van der Waals surface area (Å²) < 4.78 is 2.96. The van der Waals surface area contributed by atoms with E-state index in [1.807, 2.05) is 11.5 Å². The highest BCUT2D eigenvalue weighted by molar-refractivity contribution is 8.00. The summed E-state index contributed by atoms with van der Waals surface area (Å²) in [7, 11) is 0. The van der Waals surface area contributed by atoms with Gasteiger partial charge in [0.1, 0.15) is 0 Å². The van der Waals surface area contributed by atoms with E-state index in [1.54, 1.807) is 0 Å². The molecule has 0 aliphatic carbocycles. The third-order valence-corrected chi connectivity index (χ3v) is 1.53. The quantitative estimate of drug-likeness (QED) is 0.478. The van der Waals surface area contributed by atoms with Crippen LogP contribution in [0.15, 0.2) is 11.5 Å². The Kier molecular flexibility index (Phi) is 1.73. The Hall–Kier alpha value is 0.01000. The predicted molar refractivity (Wildman–Crippen MR) is 30.7 cm³/mol. The van der Waals surface area contributed by atoms with Gasteiger partial charge in [-0.15, -0.1) is 0 Å². The first-order valence-corrected chi connectivity index (χ1v) is 3.00. The van der Waals surface area contributed by atoms with Crippen LogP contribution >= 0.6 is 11.9 Å². The summed E-state index contributed by atoms with van der Waals surface area (Å²) in [4.78, 5) is 0. The van der Waals surface area contributed by atoms with Gasteiger partial charge in [-0.2, -0.15) is 0 Å². The standard InChI is InChI=1S/C4H7NOS/c6-3-4-1-2-7-5-4/h1-2,4-6H,3H2. The van der Waals surface area contributed by atoms with Crippen molar-refractivity contribution in [2.45, 2.75) is 6.04 Å². The van der Waals surface area contributed by atoms with E-state index in [4.69, 9.17) is 5.11 Å². The molecule has 3 heteroatoms. The van der Waals surface area contributed by atoms with Gasteiger partial charge in [0, 0.05) is 0 Å². The summed E-state index contributed by atoms with van der Waals surface area (Å²) >= 11 is 1.52. The Morgan fingerprint density at radius 3 is 3.00 bits per heavy atom. The second-order valence-corrected chi connectivity index (χ2v) is 2.10. The van der Waals surface area contributed by atoms with Crippen LogP contribution in [0.1, 0.15) is 0 Å². The number of hydrogen-bond acceptors (Lipinski definition) is 3. The van der Waals surface area contributed by atoms with Crippen LogP contribution in [0.4, 0.5) is 0 Å². The summed E-state index contributed by atoms with van der Waals surface area (Å²) in [6.45, 7) is 0.198. The molecule has 0 aromatic carbocycles. The van der Waals surface area contributed by atoms with Crippen LogP contribution in [0.5, 0.6) is 0 Å². The molecule has 1 rings (SSSR count). The lowest BCUT2D eigenvalue weighted by Gasteiger charge is -1.99. The fraction of sp³-hybridized carbons (Fsp3) is 0.500. The van der Waals surface area contributed by atoms with Crippen molar-refractivity contribution in [1.29, 1.82) is 0 Å². The average molecular weight is 117 g/mol. The molecule has 0 fully saturated rings. The van der Waals surface area contributed by atoms with Crippen LogP contribution in [0, 0.1) is 0 Å². The summed E-state index contributed by atoms with van der Waals surface area (Å²) in [6, 6.07) is 0.185. The van der Waals surface area contributed by atoms with E-state index < -0.39 is 0 Å². The fourth-order valence-corrected chi connectivity index (χ4v) is 1.07. The molecule has 40 valence electrons. The van der Waals surface area contributed by atoms with E-state index in [0.717, 1.165) is 0 Å². The largest absolute Gasteiger partial charge is 0.394 e. The van der Waals surface area contributed by atoms with E-state index in [9.17, 15) is 0 Å². The maximum atomic E-state index is 8.44. The highest BCUT2D eigenvalue weighted by atomic mass is 32.2. The van der Waals surface area contributed by atoms with Crippen molar-refractivity contribution in [3.05, 3.63) is 11.5 Å². The molecule has 0 bridgehead atoms. The zero-order valence-corrected chi connectivity index (χ0v) is 4.61. The van der Waals surface area contributed by atoms with E-state index in [1.165, 1.54) is 11.9 Å². The molecular formula is C4H7NOS. The lowest BCUT2D eigenvalue weighted by molar-refractivity contribution is 0.279. The number of aliphatic hydroxyl groups excluding tert-OH is 1. The highest BCUT2D eigenvalue weighted by Crippen LogP contribution is 2.07. The van der Waals surface area contributed by atoms with Crippen molar-refractivity contribution in [2.75, 3.05) is 6.61 Å². The molecule has 0 saturated heterocycles. The van der Waals surface area contributed by atoms with Crippen molar-refractivity contribution in [3.63, 3.8) is 0 Å². The molecule has 1 atom stereocenters. The first-order valence-electron chi connectivity index (χ1n) is 2.12. The Labute approximate surface area is 46.7 Å². The maximum absolute atomic E-state index is 8.44. The molecule has 1 unspecified atom stereocenters. The smallest absolute Gasteiger partial charge is 0.0629 e. The summed E-state index contributed by atoms with van der Waals surface area (Å²) in [6.07, 6.45) is 1.94. The van der Waals surface area contributed by atoms with Crippen molar-refractivity contribution in [3.8, 4) is 0 Å². The van der Waals surface area contributed by atoms with Gasteiger partial charge in [0.25, 0.3) is 0 Å².